The highest BCUT2D eigenvalue weighted by atomic mass is 35.5. The van der Waals surface area contributed by atoms with Gasteiger partial charge in [0.25, 0.3) is 0 Å². The third-order valence-electron chi connectivity index (χ3n) is 3.87. The summed E-state index contributed by atoms with van der Waals surface area (Å²) in [6, 6.07) is 4.62. The van der Waals surface area contributed by atoms with E-state index in [1.807, 2.05) is 13.8 Å². The zero-order chi connectivity index (χ0) is 15.4. The van der Waals surface area contributed by atoms with Gasteiger partial charge in [-0.2, -0.15) is 0 Å². The normalized spacial score (nSPS) is 19.7. The van der Waals surface area contributed by atoms with Crippen LogP contribution >= 0.6 is 24.8 Å². The highest BCUT2D eigenvalue weighted by Crippen LogP contribution is 2.28. The van der Waals surface area contributed by atoms with Gasteiger partial charge in [0.1, 0.15) is 5.82 Å². The van der Waals surface area contributed by atoms with Gasteiger partial charge in [0.05, 0.1) is 11.4 Å². The summed E-state index contributed by atoms with van der Waals surface area (Å²) in [4.78, 5) is 12.1. The van der Waals surface area contributed by atoms with E-state index in [9.17, 15) is 9.18 Å². The van der Waals surface area contributed by atoms with Gasteiger partial charge in [0.2, 0.25) is 5.91 Å². The van der Waals surface area contributed by atoms with Crippen molar-refractivity contribution in [3.05, 3.63) is 24.0 Å². The topological polar surface area (TPSA) is 67.1 Å². The summed E-state index contributed by atoms with van der Waals surface area (Å²) in [5, 5.41) is 6.01. The second-order valence-corrected chi connectivity index (χ2v) is 6.10. The predicted octanol–water partition coefficient (Wildman–Crippen LogP) is 3.95. The van der Waals surface area contributed by atoms with Crippen molar-refractivity contribution < 1.29 is 9.18 Å². The van der Waals surface area contributed by atoms with Gasteiger partial charge in [-0.05, 0) is 50.8 Å². The molecule has 0 spiro atoms. The van der Waals surface area contributed by atoms with Crippen LogP contribution in [0, 0.1) is 11.7 Å². The number of carbonyl (C=O) groups excluding carboxylic acids is 1. The molecule has 0 bridgehead atoms. The van der Waals surface area contributed by atoms with Crippen LogP contribution in [-0.2, 0) is 4.79 Å². The Labute approximate surface area is 149 Å². The fourth-order valence-corrected chi connectivity index (χ4v) is 2.81. The first-order chi connectivity index (χ1) is 9.95. The number of rotatable bonds is 5. The van der Waals surface area contributed by atoms with E-state index in [-0.39, 0.29) is 54.5 Å². The number of benzene rings is 1. The van der Waals surface area contributed by atoms with E-state index in [0.717, 1.165) is 19.3 Å². The molecule has 1 amide bonds. The fourth-order valence-electron chi connectivity index (χ4n) is 2.81. The van der Waals surface area contributed by atoms with E-state index in [1.54, 1.807) is 6.07 Å². The van der Waals surface area contributed by atoms with Crippen molar-refractivity contribution in [1.82, 2.24) is 0 Å². The van der Waals surface area contributed by atoms with Crippen molar-refractivity contribution in [2.45, 2.75) is 51.6 Å². The van der Waals surface area contributed by atoms with Gasteiger partial charge >= 0.3 is 0 Å². The second kappa shape index (κ2) is 9.96. The molecule has 0 aromatic heterocycles. The zero-order valence-electron chi connectivity index (χ0n) is 13.5. The molecule has 1 aliphatic rings. The molecule has 0 aliphatic heterocycles. The lowest BCUT2D eigenvalue weighted by Crippen LogP contribution is -2.28. The van der Waals surface area contributed by atoms with Gasteiger partial charge in [-0.1, -0.05) is 6.42 Å². The van der Waals surface area contributed by atoms with Crippen LogP contribution in [0.1, 0.15) is 39.5 Å². The van der Waals surface area contributed by atoms with Gasteiger partial charge in [-0.3, -0.25) is 4.79 Å². The van der Waals surface area contributed by atoms with Crippen molar-refractivity contribution in [1.29, 1.82) is 0 Å². The number of anilines is 2. The van der Waals surface area contributed by atoms with Gasteiger partial charge in [-0.15, -0.1) is 24.8 Å². The molecule has 0 radical (unpaired) electrons. The third kappa shape index (κ3) is 6.53. The van der Waals surface area contributed by atoms with E-state index in [4.69, 9.17) is 5.73 Å². The van der Waals surface area contributed by atoms with Gasteiger partial charge in [0.15, 0.2) is 0 Å². The fraction of sp³-hybridized carbons (Fsp3) is 0.562. The molecule has 2 atom stereocenters. The Morgan fingerprint density at radius 2 is 2.00 bits per heavy atom. The molecule has 4 N–H and O–H groups in total. The molecule has 7 heteroatoms. The molecule has 4 nitrogen and oxygen atoms in total. The standard InChI is InChI=1S/C16H24FN3O.2ClH/c1-10(2)19-15-9-12(17)6-7-14(15)20-16(21)8-11-4-3-5-13(11)18;;/h6-7,9-11,13,19H,3-5,8,18H2,1-2H3,(H,20,21);2*1H/t11-,13+;;/m0../s1. The Bertz CT molecular complexity index is 514. The molecule has 1 fully saturated rings. The molecule has 0 heterocycles. The maximum Gasteiger partial charge on any atom is 0.224 e. The van der Waals surface area contributed by atoms with Crippen LogP contribution < -0.4 is 16.4 Å². The Hall–Kier alpha value is -1.04. The van der Waals surface area contributed by atoms with Crippen LogP contribution in [0.2, 0.25) is 0 Å². The molecule has 0 unspecified atom stereocenters. The van der Waals surface area contributed by atoms with E-state index >= 15 is 0 Å². The summed E-state index contributed by atoms with van der Waals surface area (Å²) in [6.45, 7) is 3.93. The summed E-state index contributed by atoms with van der Waals surface area (Å²) in [7, 11) is 0. The number of hydrogen-bond acceptors (Lipinski definition) is 3. The van der Waals surface area contributed by atoms with Gasteiger partial charge in [0, 0.05) is 18.5 Å². The van der Waals surface area contributed by atoms with E-state index in [1.165, 1.54) is 12.1 Å². The van der Waals surface area contributed by atoms with E-state index in [0.29, 0.717) is 17.8 Å². The lowest BCUT2D eigenvalue weighted by atomic mass is 10.00. The first-order valence-electron chi connectivity index (χ1n) is 7.57. The van der Waals surface area contributed by atoms with Crippen LogP contribution in [0.4, 0.5) is 15.8 Å². The van der Waals surface area contributed by atoms with Gasteiger partial charge in [-0.25, -0.2) is 4.39 Å². The molecule has 1 aromatic rings. The molecule has 1 aliphatic carbocycles. The van der Waals surface area contributed by atoms with Crippen LogP contribution in [0.3, 0.4) is 0 Å². The highest BCUT2D eigenvalue weighted by molar-refractivity contribution is 5.94. The number of nitrogens with two attached hydrogens (primary N) is 1. The average molecular weight is 366 g/mol. The maximum atomic E-state index is 13.3. The minimum Gasteiger partial charge on any atom is -0.381 e. The summed E-state index contributed by atoms with van der Waals surface area (Å²) >= 11 is 0. The molecule has 1 saturated carbocycles. The lowest BCUT2D eigenvalue weighted by molar-refractivity contribution is -0.117. The first-order valence-corrected chi connectivity index (χ1v) is 7.57. The van der Waals surface area contributed by atoms with Crippen molar-refractivity contribution in [2.24, 2.45) is 11.7 Å². The molecule has 2 rings (SSSR count). The third-order valence-corrected chi connectivity index (χ3v) is 3.87. The predicted molar refractivity (Wildman–Crippen MR) is 98.2 cm³/mol. The van der Waals surface area contributed by atoms with E-state index in [2.05, 4.69) is 10.6 Å². The molecule has 23 heavy (non-hydrogen) atoms. The summed E-state index contributed by atoms with van der Waals surface area (Å²) < 4.78 is 13.3. The largest absolute Gasteiger partial charge is 0.381 e. The highest BCUT2D eigenvalue weighted by Gasteiger charge is 2.26. The van der Waals surface area contributed by atoms with Crippen LogP contribution in [0.15, 0.2) is 18.2 Å². The average Bonchev–Trinajstić information content (AvgIpc) is 2.78. The second-order valence-electron chi connectivity index (χ2n) is 6.10. The molecule has 132 valence electrons. The number of nitrogens with one attached hydrogen (secondary N) is 2. The number of halogens is 3. The number of carbonyl (C=O) groups is 1. The van der Waals surface area contributed by atoms with Crippen molar-refractivity contribution in [3.8, 4) is 0 Å². The summed E-state index contributed by atoms with van der Waals surface area (Å²) in [6.07, 6.45) is 3.53. The Morgan fingerprint density at radius 1 is 1.30 bits per heavy atom. The Morgan fingerprint density at radius 3 is 2.57 bits per heavy atom. The quantitative estimate of drug-likeness (QED) is 0.739. The van der Waals surface area contributed by atoms with Crippen molar-refractivity contribution >= 4 is 42.1 Å². The van der Waals surface area contributed by atoms with Gasteiger partial charge < -0.3 is 16.4 Å². The van der Waals surface area contributed by atoms with Crippen molar-refractivity contribution in [3.63, 3.8) is 0 Å². The van der Waals surface area contributed by atoms with Crippen LogP contribution in [0.25, 0.3) is 0 Å². The molecule has 0 saturated heterocycles. The maximum absolute atomic E-state index is 13.3. The summed E-state index contributed by atoms with van der Waals surface area (Å²) in [5.74, 6) is -0.128. The molecule has 1 aromatic carbocycles. The first kappa shape index (κ1) is 22.0. The Balaban J connectivity index is 0.00000242. The SMILES string of the molecule is CC(C)Nc1cc(F)ccc1NC(=O)C[C@@H]1CCC[C@H]1N.Cl.Cl. The lowest BCUT2D eigenvalue weighted by Gasteiger charge is -2.18. The number of hydrogen-bond donors (Lipinski definition) is 3. The minimum atomic E-state index is -0.325. The zero-order valence-corrected chi connectivity index (χ0v) is 15.1. The molecular weight excluding hydrogens is 340 g/mol. The minimum absolute atomic E-state index is 0. The monoisotopic (exact) mass is 365 g/mol. The van der Waals surface area contributed by atoms with Crippen LogP contribution in [-0.4, -0.2) is 18.0 Å². The van der Waals surface area contributed by atoms with E-state index < -0.39 is 0 Å². The summed E-state index contributed by atoms with van der Waals surface area (Å²) in [5.41, 5.74) is 7.21. The number of amides is 1. The smallest absolute Gasteiger partial charge is 0.224 e. The van der Waals surface area contributed by atoms with Crippen molar-refractivity contribution in [2.75, 3.05) is 10.6 Å². The van der Waals surface area contributed by atoms with Crippen LogP contribution in [0.5, 0.6) is 0 Å². The Kier molecular flexibility index (Phi) is 9.51. The molecular formula is C16H26Cl2FN3O.